The van der Waals surface area contributed by atoms with Crippen molar-refractivity contribution < 1.29 is 9.13 Å². The molecule has 0 bridgehead atoms. The van der Waals surface area contributed by atoms with Crippen molar-refractivity contribution >= 4 is 0 Å². The molecule has 0 amide bonds. The Bertz CT molecular complexity index is 428. The number of hydrogen-bond donors (Lipinski definition) is 1. The van der Waals surface area contributed by atoms with Crippen LogP contribution in [-0.4, -0.2) is 36.7 Å². The molecule has 0 aromatic heterocycles. The fourth-order valence-corrected chi connectivity index (χ4v) is 2.78. The number of ether oxygens (including phenoxy) is 1. The number of aryl methyl sites for hydroxylation is 1. The van der Waals surface area contributed by atoms with Gasteiger partial charge in [0.15, 0.2) is 0 Å². The topological polar surface area (TPSA) is 38.5 Å². The van der Waals surface area contributed by atoms with E-state index in [2.05, 4.69) is 18.7 Å². The normalized spacial score (nSPS) is 26.4. The molecule has 19 heavy (non-hydrogen) atoms. The van der Waals surface area contributed by atoms with Crippen LogP contribution >= 0.6 is 0 Å². The molecule has 1 unspecified atom stereocenters. The Morgan fingerprint density at radius 1 is 1.37 bits per heavy atom. The van der Waals surface area contributed by atoms with Crippen molar-refractivity contribution in [3.63, 3.8) is 0 Å². The molecule has 106 valence electrons. The number of nitrogens with zero attached hydrogens (tertiary/aromatic N) is 1. The van der Waals surface area contributed by atoms with Gasteiger partial charge in [-0.05, 0) is 38.0 Å². The van der Waals surface area contributed by atoms with Crippen LogP contribution in [0.4, 0.5) is 4.39 Å². The van der Waals surface area contributed by atoms with Gasteiger partial charge in [-0.3, -0.25) is 4.90 Å². The molecule has 1 aliphatic rings. The van der Waals surface area contributed by atoms with Crippen molar-refractivity contribution in [3.05, 3.63) is 35.1 Å². The van der Waals surface area contributed by atoms with Gasteiger partial charge in [0.1, 0.15) is 5.82 Å². The number of nitrogens with two attached hydrogens (primary N) is 1. The van der Waals surface area contributed by atoms with E-state index < -0.39 is 0 Å². The summed E-state index contributed by atoms with van der Waals surface area (Å²) < 4.78 is 19.4. The van der Waals surface area contributed by atoms with Crippen LogP contribution in [0.25, 0.3) is 0 Å². The third kappa shape index (κ3) is 3.32. The first-order chi connectivity index (χ1) is 9.01. The summed E-state index contributed by atoms with van der Waals surface area (Å²) in [4.78, 5) is 2.29. The van der Waals surface area contributed by atoms with E-state index in [0.29, 0.717) is 12.1 Å². The van der Waals surface area contributed by atoms with Crippen LogP contribution in [0.5, 0.6) is 0 Å². The second-order valence-electron chi connectivity index (χ2n) is 5.47. The Labute approximate surface area is 114 Å². The molecule has 2 rings (SSSR count). The molecular weight excluding hydrogens is 243 g/mol. The average Bonchev–Trinajstić information content (AvgIpc) is 2.33. The average molecular weight is 266 g/mol. The first kappa shape index (κ1) is 14.4. The quantitative estimate of drug-likeness (QED) is 0.912. The minimum absolute atomic E-state index is 0.0592. The van der Waals surface area contributed by atoms with Crippen molar-refractivity contribution in [3.8, 4) is 0 Å². The first-order valence-corrected chi connectivity index (χ1v) is 6.87. The lowest BCUT2D eigenvalue weighted by Crippen LogP contribution is -2.48. The molecule has 3 nitrogen and oxygen atoms in total. The summed E-state index contributed by atoms with van der Waals surface area (Å²) in [6, 6.07) is 5.46. The number of benzene rings is 1. The van der Waals surface area contributed by atoms with Gasteiger partial charge < -0.3 is 10.5 Å². The zero-order chi connectivity index (χ0) is 14.0. The highest BCUT2D eigenvalue weighted by Crippen LogP contribution is 2.25. The predicted molar refractivity (Wildman–Crippen MR) is 74.5 cm³/mol. The molecule has 1 heterocycles. The summed E-state index contributed by atoms with van der Waals surface area (Å²) in [6.45, 7) is 8.05. The SMILES string of the molecule is Cc1ccc(C(CN)N2C[C@@H](C)O[C@@H](C)C2)cc1F. The Balaban J connectivity index is 2.21. The molecule has 0 radical (unpaired) electrons. The van der Waals surface area contributed by atoms with E-state index in [0.717, 1.165) is 18.7 Å². The van der Waals surface area contributed by atoms with Gasteiger partial charge in [-0.2, -0.15) is 0 Å². The van der Waals surface area contributed by atoms with Crippen LogP contribution in [-0.2, 0) is 4.74 Å². The highest BCUT2D eigenvalue weighted by atomic mass is 19.1. The number of rotatable bonds is 3. The van der Waals surface area contributed by atoms with E-state index >= 15 is 0 Å². The summed E-state index contributed by atoms with van der Waals surface area (Å²) in [5, 5.41) is 0. The van der Waals surface area contributed by atoms with Crippen molar-refractivity contribution in [1.29, 1.82) is 0 Å². The van der Waals surface area contributed by atoms with Crippen LogP contribution < -0.4 is 5.73 Å². The van der Waals surface area contributed by atoms with Crippen LogP contribution in [0.15, 0.2) is 18.2 Å². The Morgan fingerprint density at radius 3 is 2.53 bits per heavy atom. The van der Waals surface area contributed by atoms with Crippen molar-refractivity contribution in [2.45, 2.75) is 39.0 Å². The van der Waals surface area contributed by atoms with E-state index in [1.165, 1.54) is 0 Å². The highest BCUT2D eigenvalue weighted by Gasteiger charge is 2.28. The lowest BCUT2D eigenvalue weighted by Gasteiger charge is -2.40. The van der Waals surface area contributed by atoms with Gasteiger partial charge in [0.05, 0.1) is 12.2 Å². The third-order valence-corrected chi connectivity index (χ3v) is 3.69. The fraction of sp³-hybridized carbons (Fsp3) is 0.600. The number of hydrogen-bond acceptors (Lipinski definition) is 3. The molecule has 0 spiro atoms. The first-order valence-electron chi connectivity index (χ1n) is 6.87. The van der Waals surface area contributed by atoms with E-state index in [9.17, 15) is 4.39 Å². The molecule has 1 aromatic carbocycles. The summed E-state index contributed by atoms with van der Waals surface area (Å²) in [5.74, 6) is -0.162. The maximum atomic E-state index is 13.7. The van der Waals surface area contributed by atoms with E-state index in [4.69, 9.17) is 10.5 Å². The largest absolute Gasteiger partial charge is 0.373 e. The van der Waals surface area contributed by atoms with Gasteiger partial charge in [0.2, 0.25) is 0 Å². The summed E-state index contributed by atoms with van der Waals surface area (Å²) in [7, 11) is 0. The molecule has 1 aromatic rings. The van der Waals surface area contributed by atoms with Crippen molar-refractivity contribution in [1.82, 2.24) is 4.90 Å². The molecule has 0 saturated carbocycles. The lowest BCUT2D eigenvalue weighted by atomic mass is 10.0. The number of morpholine rings is 1. The summed E-state index contributed by atoms with van der Waals surface area (Å²) in [6.07, 6.45) is 0.376. The molecule has 4 heteroatoms. The lowest BCUT2D eigenvalue weighted by molar-refractivity contribution is -0.0799. The van der Waals surface area contributed by atoms with Crippen LogP contribution in [0.2, 0.25) is 0 Å². The predicted octanol–water partition coefficient (Wildman–Crippen LogP) is 2.24. The fourth-order valence-electron chi connectivity index (χ4n) is 2.78. The maximum Gasteiger partial charge on any atom is 0.126 e. The standard InChI is InChI=1S/C15H23FN2O/c1-10-4-5-13(6-14(10)16)15(7-17)18-8-11(2)19-12(3)9-18/h4-6,11-12,15H,7-9,17H2,1-3H3/t11-,12+,15?. The molecule has 1 aliphatic heterocycles. The van der Waals surface area contributed by atoms with Gasteiger partial charge in [0.25, 0.3) is 0 Å². The molecule has 0 aliphatic carbocycles. The minimum atomic E-state index is -0.162. The second-order valence-corrected chi connectivity index (χ2v) is 5.47. The van der Waals surface area contributed by atoms with E-state index in [1.807, 2.05) is 12.1 Å². The molecular formula is C15H23FN2O. The van der Waals surface area contributed by atoms with Gasteiger partial charge in [0, 0.05) is 25.7 Å². The Hall–Kier alpha value is -0.970. The zero-order valence-corrected chi connectivity index (χ0v) is 11.9. The van der Waals surface area contributed by atoms with Crippen LogP contribution in [0, 0.1) is 12.7 Å². The van der Waals surface area contributed by atoms with Crippen molar-refractivity contribution in [2.75, 3.05) is 19.6 Å². The van der Waals surface area contributed by atoms with Crippen molar-refractivity contribution in [2.24, 2.45) is 5.73 Å². The van der Waals surface area contributed by atoms with Gasteiger partial charge in [-0.15, -0.1) is 0 Å². The van der Waals surface area contributed by atoms with Gasteiger partial charge in [-0.25, -0.2) is 4.39 Å². The Morgan fingerprint density at radius 2 is 2.00 bits per heavy atom. The molecule has 2 N–H and O–H groups in total. The third-order valence-electron chi connectivity index (χ3n) is 3.69. The smallest absolute Gasteiger partial charge is 0.126 e. The highest BCUT2D eigenvalue weighted by molar-refractivity contribution is 5.26. The summed E-state index contributed by atoms with van der Waals surface area (Å²) in [5.41, 5.74) is 7.53. The molecule has 1 saturated heterocycles. The summed E-state index contributed by atoms with van der Waals surface area (Å²) >= 11 is 0. The molecule has 3 atom stereocenters. The Kier molecular flexibility index (Phi) is 4.55. The van der Waals surface area contributed by atoms with E-state index in [1.54, 1.807) is 13.0 Å². The minimum Gasteiger partial charge on any atom is -0.373 e. The second kappa shape index (κ2) is 5.99. The monoisotopic (exact) mass is 266 g/mol. The van der Waals surface area contributed by atoms with E-state index in [-0.39, 0.29) is 24.1 Å². The van der Waals surface area contributed by atoms with Crippen LogP contribution in [0.1, 0.15) is 31.0 Å². The van der Waals surface area contributed by atoms with Gasteiger partial charge >= 0.3 is 0 Å². The van der Waals surface area contributed by atoms with Gasteiger partial charge in [-0.1, -0.05) is 12.1 Å². The maximum absolute atomic E-state index is 13.7. The zero-order valence-electron chi connectivity index (χ0n) is 11.9. The van der Waals surface area contributed by atoms with Crippen LogP contribution in [0.3, 0.4) is 0 Å². The number of halogens is 1. The molecule has 1 fully saturated rings.